The molecule has 0 saturated heterocycles. The Morgan fingerprint density at radius 3 is 2.58 bits per heavy atom. The number of benzene rings is 1. The first-order valence-corrected chi connectivity index (χ1v) is 5.52. The molecule has 0 spiro atoms. The minimum absolute atomic E-state index is 0.0786. The molecule has 0 fully saturated rings. The molecule has 0 aliphatic carbocycles. The lowest BCUT2D eigenvalue weighted by Gasteiger charge is -2.24. The monoisotopic (exact) mass is 270 g/mol. The van der Waals surface area contributed by atoms with Crippen molar-refractivity contribution in [2.45, 2.75) is 6.18 Å². The number of hydrogen-bond acceptors (Lipinski definition) is 3. The van der Waals surface area contributed by atoms with Gasteiger partial charge in [-0.15, -0.1) is 6.58 Å². The molecule has 0 aliphatic heterocycles. The van der Waals surface area contributed by atoms with Crippen molar-refractivity contribution >= 4 is 5.69 Å². The van der Waals surface area contributed by atoms with Crippen LogP contribution in [0.1, 0.15) is 11.1 Å². The van der Waals surface area contributed by atoms with Gasteiger partial charge in [-0.1, -0.05) is 6.08 Å². The van der Waals surface area contributed by atoms with Gasteiger partial charge in [0.1, 0.15) is 6.07 Å². The Bertz CT molecular complexity index is 492. The lowest BCUT2D eigenvalue weighted by atomic mass is 10.1. The number of anilines is 1. The van der Waals surface area contributed by atoms with Crippen LogP contribution >= 0.6 is 0 Å². The van der Waals surface area contributed by atoms with Gasteiger partial charge >= 0.3 is 6.18 Å². The van der Waals surface area contributed by atoms with E-state index in [1.807, 2.05) is 0 Å². The maximum absolute atomic E-state index is 12.6. The molecular formula is C13H13F3N2O. The van der Waals surface area contributed by atoms with Gasteiger partial charge in [-0.3, -0.25) is 0 Å². The molecule has 0 aliphatic rings. The molecule has 19 heavy (non-hydrogen) atoms. The summed E-state index contributed by atoms with van der Waals surface area (Å²) in [7, 11) is 0. The fourth-order valence-electron chi connectivity index (χ4n) is 1.66. The number of halogens is 3. The molecule has 102 valence electrons. The van der Waals surface area contributed by atoms with Gasteiger partial charge in [0.15, 0.2) is 0 Å². The lowest BCUT2D eigenvalue weighted by molar-refractivity contribution is -0.137. The molecule has 1 N–H and O–H groups in total. The van der Waals surface area contributed by atoms with Crippen LogP contribution in [0.4, 0.5) is 18.9 Å². The van der Waals surface area contributed by atoms with Gasteiger partial charge in [-0.2, -0.15) is 18.4 Å². The third-order valence-corrected chi connectivity index (χ3v) is 2.50. The summed E-state index contributed by atoms with van der Waals surface area (Å²) in [6, 6.07) is 4.71. The van der Waals surface area contributed by atoms with Crippen LogP contribution in [-0.2, 0) is 6.18 Å². The van der Waals surface area contributed by atoms with Gasteiger partial charge in [0, 0.05) is 13.1 Å². The molecule has 1 rings (SSSR count). The van der Waals surface area contributed by atoms with Crippen molar-refractivity contribution in [2.24, 2.45) is 0 Å². The van der Waals surface area contributed by atoms with Crippen molar-refractivity contribution in [3.8, 4) is 6.07 Å². The summed E-state index contributed by atoms with van der Waals surface area (Å²) in [5, 5.41) is 17.9. The SMILES string of the molecule is C=CCN(CCO)c1ccc(C(F)(F)F)cc1C#N. The van der Waals surface area contributed by atoms with Crippen molar-refractivity contribution < 1.29 is 18.3 Å². The Hall–Kier alpha value is -2.00. The lowest BCUT2D eigenvalue weighted by Crippen LogP contribution is -2.27. The third-order valence-electron chi connectivity index (χ3n) is 2.50. The van der Waals surface area contributed by atoms with Crippen molar-refractivity contribution in [3.63, 3.8) is 0 Å². The minimum atomic E-state index is -4.48. The van der Waals surface area contributed by atoms with Crippen LogP contribution in [0.5, 0.6) is 0 Å². The Balaban J connectivity index is 3.21. The third kappa shape index (κ3) is 3.73. The molecule has 0 bridgehead atoms. The first-order valence-electron chi connectivity index (χ1n) is 5.52. The maximum atomic E-state index is 12.6. The summed E-state index contributed by atoms with van der Waals surface area (Å²) < 4.78 is 37.7. The highest BCUT2D eigenvalue weighted by Crippen LogP contribution is 2.32. The van der Waals surface area contributed by atoms with Gasteiger partial charge in [-0.25, -0.2) is 0 Å². The molecule has 0 saturated carbocycles. The number of aliphatic hydroxyl groups excluding tert-OH is 1. The fourth-order valence-corrected chi connectivity index (χ4v) is 1.66. The molecular weight excluding hydrogens is 257 g/mol. The highest BCUT2D eigenvalue weighted by Gasteiger charge is 2.31. The summed E-state index contributed by atoms with van der Waals surface area (Å²) >= 11 is 0. The van der Waals surface area contributed by atoms with Crippen LogP contribution < -0.4 is 4.90 Å². The molecule has 0 aromatic heterocycles. The second-order valence-corrected chi connectivity index (χ2v) is 3.80. The van der Waals surface area contributed by atoms with Crippen LogP contribution in [0.2, 0.25) is 0 Å². The van der Waals surface area contributed by atoms with Gasteiger partial charge in [0.05, 0.1) is 23.4 Å². The molecule has 3 nitrogen and oxygen atoms in total. The molecule has 0 heterocycles. The van der Waals surface area contributed by atoms with E-state index in [9.17, 15) is 13.2 Å². The number of aliphatic hydroxyl groups is 1. The summed E-state index contributed by atoms with van der Waals surface area (Å²) in [5.74, 6) is 0. The molecule has 0 amide bonds. The van der Waals surface area contributed by atoms with Gasteiger partial charge < -0.3 is 10.0 Å². The highest BCUT2D eigenvalue weighted by atomic mass is 19.4. The van der Waals surface area contributed by atoms with E-state index in [0.717, 1.165) is 12.1 Å². The summed E-state index contributed by atoms with van der Waals surface area (Å²) in [4.78, 5) is 1.59. The minimum Gasteiger partial charge on any atom is -0.395 e. The number of alkyl halides is 3. The zero-order valence-corrected chi connectivity index (χ0v) is 10.1. The molecule has 6 heteroatoms. The maximum Gasteiger partial charge on any atom is 0.416 e. The number of rotatable bonds is 5. The molecule has 1 aromatic rings. The zero-order chi connectivity index (χ0) is 14.5. The molecule has 0 unspecified atom stereocenters. The zero-order valence-electron chi connectivity index (χ0n) is 10.1. The summed E-state index contributed by atoms with van der Waals surface area (Å²) in [5.41, 5.74) is -0.593. The van der Waals surface area contributed by atoms with Crippen LogP contribution in [0.15, 0.2) is 30.9 Å². The quantitative estimate of drug-likeness (QED) is 0.836. The second-order valence-electron chi connectivity index (χ2n) is 3.80. The molecule has 0 radical (unpaired) electrons. The standard InChI is InChI=1S/C13H13F3N2O/c1-2-5-18(6-7-19)12-4-3-11(13(14,15)16)8-10(12)9-17/h2-4,8,19H,1,5-7H2. The second kappa shape index (κ2) is 6.25. The normalized spacial score (nSPS) is 10.9. The van der Waals surface area contributed by atoms with Crippen LogP contribution in [0.25, 0.3) is 0 Å². The van der Waals surface area contributed by atoms with Crippen LogP contribution in [-0.4, -0.2) is 24.8 Å². The average Bonchev–Trinajstić information content (AvgIpc) is 2.36. The summed E-state index contributed by atoms with van der Waals surface area (Å²) in [6.45, 7) is 3.92. The van der Waals surface area contributed by atoms with Crippen LogP contribution in [0, 0.1) is 11.3 Å². The first-order chi connectivity index (χ1) is 8.93. The van der Waals surface area contributed by atoms with E-state index in [-0.39, 0.29) is 18.7 Å². The van der Waals surface area contributed by atoms with E-state index in [4.69, 9.17) is 10.4 Å². The van der Waals surface area contributed by atoms with E-state index in [2.05, 4.69) is 6.58 Å². The van der Waals surface area contributed by atoms with E-state index >= 15 is 0 Å². The Kier molecular flexibility index (Phi) is 4.95. The Morgan fingerprint density at radius 2 is 2.11 bits per heavy atom. The highest BCUT2D eigenvalue weighted by molar-refractivity contribution is 5.61. The van der Waals surface area contributed by atoms with Gasteiger partial charge in [0.25, 0.3) is 0 Å². The van der Waals surface area contributed by atoms with Gasteiger partial charge in [0.2, 0.25) is 0 Å². The predicted octanol–water partition coefficient (Wildman–Crippen LogP) is 2.56. The van der Waals surface area contributed by atoms with Crippen molar-refractivity contribution in [1.82, 2.24) is 0 Å². The van der Waals surface area contributed by atoms with Crippen molar-refractivity contribution in [3.05, 3.63) is 42.0 Å². The Labute approximate surface area is 109 Å². The average molecular weight is 270 g/mol. The van der Waals surface area contributed by atoms with E-state index in [1.165, 1.54) is 6.07 Å². The van der Waals surface area contributed by atoms with Crippen molar-refractivity contribution in [2.75, 3.05) is 24.6 Å². The van der Waals surface area contributed by atoms with Crippen LogP contribution in [0.3, 0.4) is 0 Å². The van der Waals surface area contributed by atoms with E-state index < -0.39 is 11.7 Å². The molecule has 1 aromatic carbocycles. The largest absolute Gasteiger partial charge is 0.416 e. The Morgan fingerprint density at radius 1 is 1.42 bits per heavy atom. The number of nitrogens with zero attached hydrogens (tertiary/aromatic N) is 2. The van der Waals surface area contributed by atoms with Gasteiger partial charge in [-0.05, 0) is 18.2 Å². The number of nitriles is 1. The summed E-state index contributed by atoms with van der Waals surface area (Å²) in [6.07, 6.45) is -2.93. The van der Waals surface area contributed by atoms with E-state index in [1.54, 1.807) is 17.0 Å². The smallest absolute Gasteiger partial charge is 0.395 e. The fraction of sp³-hybridized carbons (Fsp3) is 0.308. The number of hydrogen-bond donors (Lipinski definition) is 1. The predicted molar refractivity (Wildman–Crippen MR) is 65.7 cm³/mol. The van der Waals surface area contributed by atoms with E-state index in [0.29, 0.717) is 12.2 Å². The van der Waals surface area contributed by atoms with Crippen molar-refractivity contribution in [1.29, 1.82) is 5.26 Å². The first kappa shape index (κ1) is 15.1. The topological polar surface area (TPSA) is 47.3 Å². The molecule has 0 atom stereocenters.